The maximum atomic E-state index is 13.5. The molecule has 2 aromatic rings. The van der Waals surface area contributed by atoms with Gasteiger partial charge in [0.15, 0.2) is 17.5 Å². The van der Waals surface area contributed by atoms with E-state index in [0.717, 1.165) is 26.2 Å². The first-order valence-corrected chi connectivity index (χ1v) is 10.4. The van der Waals surface area contributed by atoms with E-state index in [1.807, 2.05) is 0 Å². The van der Waals surface area contributed by atoms with Gasteiger partial charge < -0.3 is 20.9 Å². The van der Waals surface area contributed by atoms with Crippen molar-refractivity contribution < 1.29 is 39.5 Å². The summed E-state index contributed by atoms with van der Waals surface area (Å²) in [4.78, 5) is 7.79. The van der Waals surface area contributed by atoms with Crippen LogP contribution in [0.3, 0.4) is 0 Å². The van der Waals surface area contributed by atoms with E-state index in [1.165, 1.54) is 0 Å². The molecule has 0 amide bonds. The van der Waals surface area contributed by atoms with Crippen molar-refractivity contribution in [3.8, 4) is 0 Å². The van der Waals surface area contributed by atoms with Gasteiger partial charge in [-0.25, -0.2) is 18.7 Å². The zero-order valence-electron chi connectivity index (χ0n) is 18.2. The molecule has 2 aliphatic heterocycles. The Labute approximate surface area is 194 Å². The molecule has 0 atom stereocenters. The van der Waals surface area contributed by atoms with Gasteiger partial charge in [-0.05, 0) is 12.1 Å². The van der Waals surface area contributed by atoms with Crippen molar-refractivity contribution in [3.05, 3.63) is 53.2 Å². The van der Waals surface area contributed by atoms with Crippen LogP contribution in [0.25, 0.3) is 0 Å². The number of nitrogens with zero attached hydrogens (tertiary/aromatic N) is 3. The Kier molecular flexibility index (Phi) is 10.5. The van der Waals surface area contributed by atoms with Crippen LogP contribution in [0.1, 0.15) is 11.1 Å². The van der Waals surface area contributed by atoms with Gasteiger partial charge in [-0.3, -0.25) is 0 Å². The molecule has 0 unspecified atom stereocenters. The predicted molar refractivity (Wildman–Crippen MR) is 109 cm³/mol. The lowest BCUT2D eigenvalue weighted by molar-refractivity contribution is -0.138. The Balaban J connectivity index is 0.000000207. The van der Waals surface area contributed by atoms with Crippen molar-refractivity contribution >= 4 is 5.82 Å². The van der Waals surface area contributed by atoms with Crippen LogP contribution in [-0.2, 0) is 12.4 Å². The highest BCUT2D eigenvalue weighted by atomic mass is 19.4. The Morgan fingerprint density at radius 2 is 1.06 bits per heavy atom. The van der Waals surface area contributed by atoms with Gasteiger partial charge in [-0.15, -0.1) is 0 Å². The maximum Gasteiger partial charge on any atom is 0.417 e. The van der Waals surface area contributed by atoms with E-state index in [9.17, 15) is 39.5 Å². The number of hydrogen-bond donors (Lipinski definition) is 3. The fraction of sp³-hybridized carbons (Fsp3) is 0.500. The van der Waals surface area contributed by atoms with Crippen LogP contribution in [-0.4, -0.2) is 62.3 Å². The molecular weight excluding hydrogens is 495 g/mol. The summed E-state index contributed by atoms with van der Waals surface area (Å²) in [6.45, 7) is 6.97. The number of alkyl halides is 6. The topological polar surface area (TPSA) is 65.1 Å². The molecule has 2 aromatic heterocycles. The largest absolute Gasteiger partial charge is 0.417 e. The van der Waals surface area contributed by atoms with Gasteiger partial charge in [0, 0.05) is 64.8 Å². The summed E-state index contributed by atoms with van der Waals surface area (Å²) in [5, 5.41) is 9.51. The highest BCUT2D eigenvalue weighted by molar-refractivity contribution is 5.42. The smallest absolute Gasteiger partial charge is 0.352 e. The minimum Gasteiger partial charge on any atom is -0.352 e. The summed E-state index contributed by atoms with van der Waals surface area (Å²) >= 11 is 0. The molecule has 0 aliphatic carbocycles. The van der Waals surface area contributed by atoms with E-state index in [-0.39, 0.29) is 18.1 Å². The third-order valence-electron chi connectivity index (χ3n) is 4.65. The number of hydrogen-bond acceptors (Lipinski definition) is 6. The van der Waals surface area contributed by atoms with Gasteiger partial charge in [0.1, 0.15) is 0 Å². The standard InChI is InChI=1S/C10H11F4N3.C6H2F5N.C4H10N2/c11-8-5-7(10(12,13)14)6-16-9(8)17-3-1-15-2-4-17;7-4-1-3(6(9,10)11)2-12-5(4)8;1-2-6-4-3-5-1/h5-6,15H,1-4H2;1-2H;5-6H,1-4H2. The van der Waals surface area contributed by atoms with Crippen LogP contribution in [0, 0.1) is 17.6 Å². The molecule has 15 heteroatoms. The average molecular weight is 518 g/mol. The predicted octanol–water partition coefficient (Wildman–Crippen LogP) is 3.21. The zero-order valence-corrected chi connectivity index (χ0v) is 18.2. The summed E-state index contributed by atoms with van der Waals surface area (Å²) in [6.07, 6.45) is -8.35. The Hall–Kier alpha value is -2.65. The van der Waals surface area contributed by atoms with E-state index in [0.29, 0.717) is 38.4 Å². The molecule has 0 saturated carbocycles. The molecule has 196 valence electrons. The summed E-state index contributed by atoms with van der Waals surface area (Å²) in [5.41, 5.74) is -2.37. The SMILES string of the molecule is C1CNCCN1.Fc1cc(C(F)(F)F)cnc1F.Fc1cc(C(F)(F)F)cnc1N1CCNCC1. The highest BCUT2D eigenvalue weighted by Crippen LogP contribution is 2.31. The number of pyridine rings is 2. The van der Waals surface area contributed by atoms with Gasteiger partial charge in [-0.1, -0.05) is 0 Å². The number of piperazine rings is 2. The number of aromatic nitrogens is 2. The molecule has 2 aliphatic rings. The van der Waals surface area contributed by atoms with Crippen molar-refractivity contribution in [1.29, 1.82) is 0 Å². The Morgan fingerprint density at radius 3 is 1.46 bits per heavy atom. The van der Waals surface area contributed by atoms with E-state index in [2.05, 4.69) is 25.9 Å². The van der Waals surface area contributed by atoms with Crippen LogP contribution in [0.5, 0.6) is 0 Å². The molecule has 4 rings (SSSR count). The number of anilines is 1. The van der Waals surface area contributed by atoms with Crippen LogP contribution in [0.4, 0.5) is 45.3 Å². The first-order chi connectivity index (χ1) is 16.4. The van der Waals surface area contributed by atoms with Crippen molar-refractivity contribution in [1.82, 2.24) is 25.9 Å². The normalized spacial score (nSPS) is 16.5. The minimum absolute atomic E-state index is 0.0144. The van der Waals surface area contributed by atoms with Gasteiger partial charge >= 0.3 is 12.4 Å². The summed E-state index contributed by atoms with van der Waals surface area (Å²) < 4.78 is 110. The monoisotopic (exact) mass is 518 g/mol. The molecule has 0 radical (unpaired) electrons. The van der Waals surface area contributed by atoms with Crippen LogP contribution < -0.4 is 20.9 Å². The fourth-order valence-corrected chi connectivity index (χ4v) is 2.87. The molecule has 3 N–H and O–H groups in total. The van der Waals surface area contributed by atoms with Crippen molar-refractivity contribution in [2.45, 2.75) is 12.4 Å². The highest BCUT2D eigenvalue weighted by Gasteiger charge is 2.33. The van der Waals surface area contributed by atoms with Crippen LogP contribution in [0.2, 0.25) is 0 Å². The number of nitrogens with one attached hydrogen (secondary N) is 3. The molecule has 0 bridgehead atoms. The molecule has 0 aromatic carbocycles. The van der Waals surface area contributed by atoms with Gasteiger partial charge in [0.25, 0.3) is 0 Å². The second-order valence-electron chi connectivity index (χ2n) is 7.26. The summed E-state index contributed by atoms with van der Waals surface area (Å²) in [7, 11) is 0. The number of halogens is 9. The third kappa shape index (κ3) is 9.49. The molecule has 35 heavy (non-hydrogen) atoms. The van der Waals surface area contributed by atoms with E-state index >= 15 is 0 Å². The lowest BCUT2D eigenvalue weighted by Gasteiger charge is -2.28. The molecule has 6 nitrogen and oxygen atoms in total. The second kappa shape index (κ2) is 12.9. The first kappa shape index (κ1) is 28.6. The van der Waals surface area contributed by atoms with Crippen LogP contribution >= 0.6 is 0 Å². The van der Waals surface area contributed by atoms with Gasteiger partial charge in [0.2, 0.25) is 5.95 Å². The van der Waals surface area contributed by atoms with E-state index in [4.69, 9.17) is 0 Å². The number of rotatable bonds is 1. The molecule has 2 fully saturated rings. The van der Waals surface area contributed by atoms with Crippen molar-refractivity contribution in [2.75, 3.05) is 57.3 Å². The van der Waals surface area contributed by atoms with Gasteiger partial charge in [-0.2, -0.15) is 30.7 Å². The van der Waals surface area contributed by atoms with Gasteiger partial charge in [0.05, 0.1) is 11.1 Å². The Morgan fingerprint density at radius 1 is 0.629 bits per heavy atom. The Bertz CT molecular complexity index is 915. The zero-order chi connectivity index (χ0) is 26.1. The lowest BCUT2D eigenvalue weighted by atomic mass is 10.2. The first-order valence-electron chi connectivity index (χ1n) is 10.4. The lowest BCUT2D eigenvalue weighted by Crippen LogP contribution is -2.44. The minimum atomic E-state index is -4.69. The van der Waals surface area contributed by atoms with Crippen molar-refractivity contribution in [2.24, 2.45) is 0 Å². The molecule has 2 saturated heterocycles. The van der Waals surface area contributed by atoms with E-state index in [1.54, 1.807) is 4.90 Å². The quantitative estimate of drug-likeness (QED) is 0.398. The maximum absolute atomic E-state index is 13.5. The molecule has 4 heterocycles. The molecular formula is C20H23F9N6. The average Bonchev–Trinajstić information content (AvgIpc) is 2.82. The summed E-state index contributed by atoms with van der Waals surface area (Å²) in [5.74, 6) is -4.09. The fourth-order valence-electron chi connectivity index (χ4n) is 2.87. The third-order valence-corrected chi connectivity index (χ3v) is 4.65. The molecule has 0 spiro atoms. The van der Waals surface area contributed by atoms with Crippen molar-refractivity contribution in [3.63, 3.8) is 0 Å². The van der Waals surface area contributed by atoms with Crippen LogP contribution in [0.15, 0.2) is 24.5 Å². The summed E-state index contributed by atoms with van der Waals surface area (Å²) in [6, 6.07) is 0.548. The second-order valence-corrected chi connectivity index (χ2v) is 7.26. The van der Waals surface area contributed by atoms with E-state index < -0.39 is 41.1 Å².